The van der Waals surface area contributed by atoms with Crippen LogP contribution in [0.15, 0.2) is 41.2 Å². The van der Waals surface area contributed by atoms with E-state index in [0.29, 0.717) is 23.3 Å². The molecule has 5 nitrogen and oxygen atoms in total. The van der Waals surface area contributed by atoms with E-state index in [1.165, 1.54) is 17.5 Å². The number of hydrogen-bond acceptors (Lipinski definition) is 3. The first kappa shape index (κ1) is 16.9. The fourth-order valence-electron chi connectivity index (χ4n) is 3.76. The highest BCUT2D eigenvalue weighted by molar-refractivity contribution is 6.06. The molecule has 2 atom stereocenters. The van der Waals surface area contributed by atoms with E-state index in [1.807, 2.05) is 18.2 Å². The number of H-pyrrole nitrogens is 1. The molecule has 1 aliphatic rings. The Morgan fingerprint density at radius 1 is 1.38 bits per heavy atom. The molecule has 0 aliphatic heterocycles. The van der Waals surface area contributed by atoms with Gasteiger partial charge in [0.15, 0.2) is 0 Å². The van der Waals surface area contributed by atoms with Crippen LogP contribution in [0.2, 0.25) is 0 Å². The predicted molar refractivity (Wildman–Crippen MR) is 104 cm³/mol. The Morgan fingerprint density at radius 2 is 2.27 bits per heavy atom. The molecule has 2 heterocycles. The molecule has 1 aliphatic carbocycles. The van der Waals surface area contributed by atoms with Gasteiger partial charge >= 0.3 is 0 Å². The van der Waals surface area contributed by atoms with Crippen LogP contribution in [0.3, 0.4) is 0 Å². The maximum absolute atomic E-state index is 12.5. The highest BCUT2D eigenvalue weighted by Gasteiger charge is 2.23. The molecule has 26 heavy (non-hydrogen) atoms. The molecule has 1 amide bonds. The highest BCUT2D eigenvalue weighted by Crippen LogP contribution is 2.30. The summed E-state index contributed by atoms with van der Waals surface area (Å²) in [5, 5.41) is 7.75. The largest absolute Gasteiger partial charge is 0.470 e. The second-order valence-electron chi connectivity index (χ2n) is 7.22. The lowest BCUT2D eigenvalue weighted by molar-refractivity contribution is 0.102. The summed E-state index contributed by atoms with van der Waals surface area (Å²) in [4.78, 5) is 16.1. The Balaban J connectivity index is 1.60. The second kappa shape index (κ2) is 7.00. The number of aryl methyl sites for hydroxylation is 1. The Labute approximate surface area is 153 Å². The third-order valence-electron chi connectivity index (χ3n) is 5.36. The molecule has 0 radical (unpaired) electrons. The fraction of sp³-hybridized carbons (Fsp3) is 0.381. The first-order valence-electron chi connectivity index (χ1n) is 9.37. The van der Waals surface area contributed by atoms with Crippen molar-refractivity contribution in [2.75, 3.05) is 5.32 Å². The average molecular weight is 351 g/mol. The normalized spacial score (nSPS) is 17.8. The zero-order valence-corrected chi connectivity index (χ0v) is 15.3. The molecule has 1 aromatic carbocycles. The number of benzene rings is 1. The number of fused-ring (bicyclic) bond motifs is 3. The third kappa shape index (κ3) is 3.27. The van der Waals surface area contributed by atoms with Crippen LogP contribution >= 0.6 is 0 Å². The van der Waals surface area contributed by atoms with Crippen molar-refractivity contribution in [1.29, 1.82) is 0 Å². The number of nitrogens with one attached hydrogen (secondary N) is 3. The van der Waals surface area contributed by atoms with Crippen LogP contribution in [-0.4, -0.2) is 23.0 Å². The summed E-state index contributed by atoms with van der Waals surface area (Å²) in [7, 11) is 0. The molecular weight excluding hydrogens is 326 g/mol. The Kier molecular flexibility index (Phi) is 4.55. The first-order valence-corrected chi connectivity index (χ1v) is 9.37. The molecule has 2 aromatic heterocycles. The van der Waals surface area contributed by atoms with Gasteiger partial charge in [0.25, 0.3) is 5.91 Å². The van der Waals surface area contributed by atoms with Gasteiger partial charge in [-0.2, -0.15) is 0 Å². The van der Waals surface area contributed by atoms with Crippen LogP contribution in [0.25, 0.3) is 10.9 Å². The molecule has 0 saturated heterocycles. The predicted octanol–water partition coefficient (Wildman–Crippen LogP) is 4.26. The van der Waals surface area contributed by atoms with Gasteiger partial charge in [-0.05, 0) is 62.4 Å². The van der Waals surface area contributed by atoms with Crippen molar-refractivity contribution in [2.24, 2.45) is 0 Å². The molecule has 0 bridgehead atoms. The molecule has 0 spiro atoms. The SMILES string of the molecule is CCC(C)NC1CCc2[nH]c3ccc(C(=O)Nc4ccoc4)cc3c2C1. The van der Waals surface area contributed by atoms with E-state index in [-0.39, 0.29) is 5.91 Å². The quantitative estimate of drug-likeness (QED) is 0.643. The van der Waals surface area contributed by atoms with Gasteiger partial charge in [0.05, 0.1) is 12.0 Å². The minimum Gasteiger partial charge on any atom is -0.470 e. The molecule has 4 rings (SSSR count). The van der Waals surface area contributed by atoms with Crippen molar-refractivity contribution in [1.82, 2.24) is 10.3 Å². The number of carbonyl (C=O) groups is 1. The zero-order valence-electron chi connectivity index (χ0n) is 15.3. The Morgan fingerprint density at radius 3 is 3.04 bits per heavy atom. The average Bonchev–Trinajstić information content (AvgIpc) is 3.28. The minimum absolute atomic E-state index is 0.117. The number of aromatic nitrogens is 1. The van der Waals surface area contributed by atoms with E-state index in [4.69, 9.17) is 4.42 Å². The lowest BCUT2D eigenvalue weighted by Gasteiger charge is -2.26. The van der Waals surface area contributed by atoms with Gasteiger partial charge in [-0.15, -0.1) is 0 Å². The first-order chi connectivity index (χ1) is 12.6. The molecule has 2 unspecified atom stereocenters. The van der Waals surface area contributed by atoms with Gasteiger partial charge in [0.2, 0.25) is 0 Å². The molecule has 5 heteroatoms. The summed E-state index contributed by atoms with van der Waals surface area (Å²) >= 11 is 0. The van der Waals surface area contributed by atoms with Gasteiger partial charge in [0.1, 0.15) is 6.26 Å². The summed E-state index contributed by atoms with van der Waals surface area (Å²) in [5.41, 5.74) is 5.11. The zero-order chi connectivity index (χ0) is 18.1. The van der Waals surface area contributed by atoms with Crippen molar-refractivity contribution < 1.29 is 9.21 Å². The van der Waals surface area contributed by atoms with Gasteiger partial charge in [-0.25, -0.2) is 0 Å². The van der Waals surface area contributed by atoms with Crippen LogP contribution in [-0.2, 0) is 12.8 Å². The monoisotopic (exact) mass is 351 g/mol. The molecule has 136 valence electrons. The van der Waals surface area contributed by atoms with Gasteiger partial charge in [-0.3, -0.25) is 4.79 Å². The minimum atomic E-state index is -0.117. The number of aromatic amines is 1. The summed E-state index contributed by atoms with van der Waals surface area (Å²) < 4.78 is 5.01. The van der Waals surface area contributed by atoms with E-state index >= 15 is 0 Å². The summed E-state index contributed by atoms with van der Waals surface area (Å²) in [6.45, 7) is 4.45. The van der Waals surface area contributed by atoms with E-state index in [0.717, 1.165) is 36.6 Å². The van der Waals surface area contributed by atoms with Crippen molar-refractivity contribution >= 4 is 22.5 Å². The maximum Gasteiger partial charge on any atom is 0.255 e. The van der Waals surface area contributed by atoms with Crippen molar-refractivity contribution in [3.05, 3.63) is 53.6 Å². The van der Waals surface area contributed by atoms with E-state index < -0.39 is 0 Å². The Hall–Kier alpha value is -2.53. The van der Waals surface area contributed by atoms with Crippen LogP contribution in [0, 0.1) is 0 Å². The number of hydrogen-bond donors (Lipinski definition) is 3. The summed E-state index contributed by atoms with van der Waals surface area (Å²) in [6, 6.07) is 8.65. The number of rotatable bonds is 5. The molecule has 0 saturated carbocycles. The smallest absolute Gasteiger partial charge is 0.255 e. The third-order valence-corrected chi connectivity index (χ3v) is 5.36. The van der Waals surface area contributed by atoms with E-state index in [9.17, 15) is 4.79 Å². The topological polar surface area (TPSA) is 70.1 Å². The highest BCUT2D eigenvalue weighted by atomic mass is 16.3. The van der Waals surface area contributed by atoms with E-state index in [2.05, 4.69) is 29.5 Å². The van der Waals surface area contributed by atoms with Crippen molar-refractivity contribution in [3.63, 3.8) is 0 Å². The number of anilines is 1. The number of furan rings is 1. The lowest BCUT2D eigenvalue weighted by atomic mass is 9.90. The number of amides is 1. The van der Waals surface area contributed by atoms with Crippen LogP contribution < -0.4 is 10.6 Å². The lowest BCUT2D eigenvalue weighted by Crippen LogP contribution is -2.39. The molecule has 0 fully saturated rings. The summed E-state index contributed by atoms with van der Waals surface area (Å²) in [5.74, 6) is -0.117. The van der Waals surface area contributed by atoms with E-state index in [1.54, 1.807) is 12.3 Å². The molecule has 3 N–H and O–H groups in total. The van der Waals surface area contributed by atoms with Crippen LogP contribution in [0.5, 0.6) is 0 Å². The van der Waals surface area contributed by atoms with Crippen molar-refractivity contribution in [2.45, 2.75) is 51.6 Å². The van der Waals surface area contributed by atoms with Crippen LogP contribution in [0.4, 0.5) is 5.69 Å². The van der Waals surface area contributed by atoms with Crippen LogP contribution in [0.1, 0.15) is 48.3 Å². The van der Waals surface area contributed by atoms with Gasteiger partial charge < -0.3 is 20.0 Å². The second-order valence-corrected chi connectivity index (χ2v) is 7.22. The maximum atomic E-state index is 12.5. The molecule has 3 aromatic rings. The summed E-state index contributed by atoms with van der Waals surface area (Å²) in [6.07, 6.45) is 7.42. The van der Waals surface area contributed by atoms with Gasteiger partial charge in [-0.1, -0.05) is 6.92 Å². The standard InChI is InChI=1S/C21H25N3O2/c1-3-13(2)22-15-5-7-20-18(11-15)17-10-14(4-6-19(17)24-20)21(25)23-16-8-9-26-12-16/h4,6,8-10,12-13,15,22,24H,3,5,7,11H2,1-2H3,(H,23,25). The van der Waals surface area contributed by atoms with Crippen molar-refractivity contribution in [3.8, 4) is 0 Å². The number of carbonyl (C=O) groups excluding carboxylic acids is 1. The fourth-order valence-corrected chi connectivity index (χ4v) is 3.76. The molecular formula is C21H25N3O2. The Bertz CT molecular complexity index is 911. The van der Waals surface area contributed by atoms with Gasteiger partial charge in [0, 0.05) is 34.2 Å².